The molecule has 0 unspecified atom stereocenters. The highest BCUT2D eigenvalue weighted by atomic mass is 19.4. The molecule has 0 saturated carbocycles. The second-order valence-corrected chi connectivity index (χ2v) is 32.2. The summed E-state index contributed by atoms with van der Waals surface area (Å²) < 4.78 is 134. The molecule has 0 atom stereocenters. The number of nitrogens with zero attached hydrogens (tertiary/aromatic N) is 12. The molecular weight excluding hydrogens is 1570 g/mol. The number of hydrogen-bond donors (Lipinski definition) is 0. The summed E-state index contributed by atoms with van der Waals surface area (Å²) in [6, 6.07) is 52.9. The summed E-state index contributed by atoms with van der Waals surface area (Å²) in [6.45, 7) is 23.8. The van der Waals surface area contributed by atoms with Gasteiger partial charge in [0.05, 0.1) is 100 Å². The molecule has 2 saturated heterocycles. The van der Waals surface area contributed by atoms with Crippen LogP contribution in [0.15, 0.2) is 187 Å². The van der Waals surface area contributed by atoms with E-state index in [-0.39, 0.29) is 89.4 Å². The van der Waals surface area contributed by atoms with Crippen LogP contribution < -0.4 is 39.0 Å². The van der Waals surface area contributed by atoms with E-state index in [1.807, 2.05) is 178 Å². The molecule has 122 heavy (non-hydrogen) atoms. The lowest BCUT2D eigenvalue weighted by Crippen LogP contribution is -2.50. The number of piperazine rings is 2. The number of aromatic nitrogens is 8. The summed E-state index contributed by atoms with van der Waals surface area (Å²) in [4.78, 5) is 63.6. The number of benzene rings is 8. The summed E-state index contributed by atoms with van der Waals surface area (Å²) in [5.74, 6) is 1.01. The fraction of sp³-hybridized carbons (Fsp3) is 0.319. The molecule has 2 fully saturated rings. The van der Waals surface area contributed by atoms with Crippen LogP contribution in [0, 0.1) is 13.8 Å². The Bertz CT molecular complexity index is 6310. The standard InChI is InChI=1S/2C47H47F3N6O5/c1-7-55-37-26-33(53-21-23-54(24-22-53)45(58)61-46(3,4)5)16-19-35(37)40-39-29(2)52-56(27-30-13-17-34(59-6)18-14-30)43(39)51-42(41(40)44(55)57)32-15-20-38(36(25-32)47(48,49)50)60-28-31-11-9-8-10-12-31;1-7-59-44-41-40(35-19-16-33(26-37(35)51-44)54-21-23-55(24-22-54)45(57)61-46(3,4)5)39-29(2)53-56(27-30-13-17-34(58-6)18-14-30)43(39)52-42(41)32-15-20-38(36(25-32)47(48,49)50)60-28-31-11-9-8-10-12-31/h2*8-20,25-26H,7,21-24,27-28H2,1-6H3. The van der Waals surface area contributed by atoms with E-state index in [1.165, 1.54) is 18.2 Å². The number of rotatable bonds is 19. The van der Waals surface area contributed by atoms with Crippen LogP contribution in [-0.4, -0.2) is 145 Å². The van der Waals surface area contributed by atoms with Gasteiger partial charge >= 0.3 is 24.5 Å². The molecule has 0 aliphatic carbocycles. The molecule has 2 amide bonds. The molecule has 0 N–H and O–H groups in total. The number of halogens is 6. The lowest BCUT2D eigenvalue weighted by molar-refractivity contribution is -0.139. The van der Waals surface area contributed by atoms with Crippen molar-refractivity contribution in [3.63, 3.8) is 0 Å². The Balaban J connectivity index is 0.000000190. The van der Waals surface area contributed by atoms with Crippen molar-refractivity contribution in [3.8, 4) is 51.4 Å². The number of amides is 2. The van der Waals surface area contributed by atoms with Crippen molar-refractivity contribution in [2.45, 2.75) is 126 Å². The molecule has 8 heterocycles. The number of carbonyl (C=O) groups is 2. The summed E-state index contributed by atoms with van der Waals surface area (Å²) in [6.07, 6.45) is -10.2. The molecule has 14 aromatic rings. The predicted molar refractivity (Wildman–Crippen MR) is 460 cm³/mol. The van der Waals surface area contributed by atoms with E-state index in [9.17, 15) is 40.7 Å². The first kappa shape index (κ1) is 83.9. The van der Waals surface area contributed by atoms with Gasteiger partial charge in [-0.25, -0.2) is 33.9 Å². The lowest BCUT2D eigenvalue weighted by Gasteiger charge is -2.37. The molecule has 28 heteroatoms. The highest BCUT2D eigenvalue weighted by molar-refractivity contribution is 6.24. The minimum absolute atomic E-state index is 0.0357. The number of hydrogen-bond acceptors (Lipinski definition) is 17. The van der Waals surface area contributed by atoms with Crippen LogP contribution in [0.2, 0.25) is 0 Å². The Morgan fingerprint density at radius 2 is 0.869 bits per heavy atom. The van der Waals surface area contributed by atoms with Crippen molar-refractivity contribution >= 4 is 89.0 Å². The van der Waals surface area contributed by atoms with Gasteiger partial charge in [0, 0.05) is 103 Å². The molecule has 6 aromatic heterocycles. The third-order valence-electron chi connectivity index (χ3n) is 21.6. The molecule has 0 radical (unpaired) electrons. The molecule has 2 aliphatic rings. The van der Waals surface area contributed by atoms with Crippen LogP contribution in [-0.2, 0) is 54.7 Å². The van der Waals surface area contributed by atoms with Crippen LogP contribution in [0.25, 0.3) is 87.9 Å². The number of fused-ring (bicyclic) bond motifs is 10. The van der Waals surface area contributed by atoms with Gasteiger partial charge in [0.25, 0.3) is 5.56 Å². The van der Waals surface area contributed by atoms with Gasteiger partial charge in [0.1, 0.15) is 47.4 Å². The first-order valence-electron chi connectivity index (χ1n) is 40.5. The maximum Gasteiger partial charge on any atom is 0.419 e. The zero-order valence-corrected chi connectivity index (χ0v) is 69.9. The normalized spacial score (nSPS) is 13.6. The number of aryl methyl sites for hydroxylation is 3. The smallest absolute Gasteiger partial charge is 0.419 e. The maximum atomic E-state index is 15.0. The average molecular weight is 1670 g/mol. The monoisotopic (exact) mass is 1660 g/mol. The minimum atomic E-state index is -4.78. The molecule has 0 bridgehead atoms. The van der Waals surface area contributed by atoms with Crippen molar-refractivity contribution in [2.24, 2.45) is 0 Å². The predicted octanol–water partition coefficient (Wildman–Crippen LogP) is 19.8. The van der Waals surface area contributed by atoms with Crippen molar-refractivity contribution in [1.29, 1.82) is 0 Å². The van der Waals surface area contributed by atoms with Crippen molar-refractivity contribution < 1.29 is 69.1 Å². The fourth-order valence-electron chi connectivity index (χ4n) is 15.8. The van der Waals surface area contributed by atoms with E-state index in [0.717, 1.165) is 61.9 Å². The Morgan fingerprint density at radius 3 is 1.29 bits per heavy atom. The first-order chi connectivity index (χ1) is 58.3. The van der Waals surface area contributed by atoms with E-state index in [2.05, 4.69) is 9.80 Å². The Kier molecular flexibility index (Phi) is 23.5. The topological polar surface area (TPSA) is 208 Å². The van der Waals surface area contributed by atoms with Gasteiger partial charge in [0.2, 0.25) is 5.88 Å². The molecule has 22 nitrogen and oxygen atoms in total. The van der Waals surface area contributed by atoms with Crippen LogP contribution in [0.4, 0.5) is 47.3 Å². The number of pyridine rings is 4. The highest BCUT2D eigenvalue weighted by Gasteiger charge is 2.39. The van der Waals surface area contributed by atoms with E-state index in [1.54, 1.807) is 80.4 Å². The third-order valence-corrected chi connectivity index (χ3v) is 21.6. The minimum Gasteiger partial charge on any atom is -0.497 e. The average Bonchev–Trinajstić information content (AvgIpc) is 1.39. The molecule has 0 spiro atoms. The lowest BCUT2D eigenvalue weighted by atomic mass is 9.97. The van der Waals surface area contributed by atoms with Gasteiger partial charge < -0.3 is 57.3 Å². The number of alkyl halides is 6. The Labute approximate surface area is 700 Å². The van der Waals surface area contributed by atoms with Gasteiger partial charge in [-0.2, -0.15) is 36.5 Å². The Hall–Kier alpha value is -13.1. The van der Waals surface area contributed by atoms with Gasteiger partial charge in [-0.05, 0) is 176 Å². The molecule has 8 aromatic carbocycles. The van der Waals surface area contributed by atoms with Gasteiger partial charge in [0.15, 0.2) is 11.3 Å². The summed E-state index contributed by atoms with van der Waals surface area (Å²) >= 11 is 0. The van der Waals surface area contributed by atoms with Crippen molar-refractivity contribution in [1.82, 2.24) is 48.9 Å². The van der Waals surface area contributed by atoms with Gasteiger partial charge in [-0.1, -0.05) is 97.1 Å². The molecule has 2 aliphatic heterocycles. The molecular formula is C94H94F6N12O10. The number of carbonyl (C=O) groups excluding carboxylic acids is 2. The van der Waals surface area contributed by atoms with Gasteiger partial charge in [-0.3, -0.25) is 4.79 Å². The number of ether oxygens (including phenoxy) is 7. The maximum absolute atomic E-state index is 15.0. The number of anilines is 2. The van der Waals surface area contributed by atoms with E-state index in [0.29, 0.717) is 132 Å². The molecule has 632 valence electrons. The zero-order chi connectivity index (χ0) is 86.3. The first-order valence-corrected chi connectivity index (χ1v) is 40.5. The van der Waals surface area contributed by atoms with Crippen LogP contribution in [0.1, 0.15) is 100 Å². The van der Waals surface area contributed by atoms with Crippen molar-refractivity contribution in [3.05, 3.63) is 237 Å². The molecule has 16 rings (SSSR count). The highest BCUT2D eigenvalue weighted by Crippen LogP contribution is 2.48. The van der Waals surface area contributed by atoms with E-state index < -0.39 is 34.7 Å². The zero-order valence-electron chi connectivity index (χ0n) is 69.9. The second kappa shape index (κ2) is 34.2. The number of methoxy groups -OCH3 is 2. The van der Waals surface area contributed by atoms with Crippen LogP contribution in [0.3, 0.4) is 0 Å². The Morgan fingerprint density at radius 1 is 0.443 bits per heavy atom. The van der Waals surface area contributed by atoms with Crippen LogP contribution >= 0.6 is 0 Å². The van der Waals surface area contributed by atoms with E-state index in [4.69, 9.17) is 58.3 Å². The van der Waals surface area contributed by atoms with E-state index >= 15 is 0 Å². The SMILES string of the molecule is CCOc1nc2cc(N3CCN(C(=O)OC(C)(C)C)CC3)ccc2c2c1c(-c1ccc(OCc3ccccc3)c(C(F)(F)F)c1)nc1c2c(C)nn1Cc1ccc(OC)cc1.CCn1c(=O)c2c(-c3ccc(OCc4ccccc4)c(C(F)(F)F)c3)nc3c(c(C)nn3Cc3ccc(OC)cc3)c2c2ccc(N3CCN(C(=O)OC(C)(C)C)CC3)cc21. The largest absolute Gasteiger partial charge is 0.497 e. The van der Waals surface area contributed by atoms with Crippen molar-refractivity contribution in [2.75, 3.05) is 83.0 Å². The summed E-state index contributed by atoms with van der Waals surface area (Å²) in [5.41, 5.74) is 5.77. The fourth-order valence-corrected chi connectivity index (χ4v) is 15.8. The second-order valence-electron chi connectivity index (χ2n) is 32.2. The van der Waals surface area contributed by atoms with Crippen LogP contribution in [0.5, 0.6) is 28.9 Å². The van der Waals surface area contributed by atoms with Gasteiger partial charge in [-0.15, -0.1) is 0 Å². The third kappa shape index (κ3) is 17.7. The summed E-state index contributed by atoms with van der Waals surface area (Å²) in [7, 11) is 3.20. The summed E-state index contributed by atoms with van der Waals surface area (Å²) in [5, 5.41) is 14.7. The quantitative estimate of drug-likeness (QED) is 0.0544.